The molecule has 0 saturated heterocycles. The molecule has 3 N–H and O–H groups in total. The third-order valence-corrected chi connectivity index (χ3v) is 5.94. The van der Waals surface area contributed by atoms with Gasteiger partial charge < -0.3 is 5.73 Å². The minimum atomic E-state index is -3.60. The lowest BCUT2D eigenvalue weighted by Gasteiger charge is -2.22. The summed E-state index contributed by atoms with van der Waals surface area (Å²) in [4.78, 5) is 0.231. The first-order valence-electron chi connectivity index (χ1n) is 5.73. The summed E-state index contributed by atoms with van der Waals surface area (Å²) in [6.45, 7) is 4.25. The average molecular weight is 353 g/mol. The van der Waals surface area contributed by atoms with Crippen molar-refractivity contribution in [2.24, 2.45) is 5.73 Å². The van der Waals surface area contributed by atoms with Gasteiger partial charge >= 0.3 is 0 Å². The topological polar surface area (TPSA) is 72.2 Å². The molecule has 0 radical (unpaired) electrons. The summed E-state index contributed by atoms with van der Waals surface area (Å²) in [5, 5.41) is 0.226. The lowest BCUT2D eigenvalue weighted by atomic mass is 10.2. The Morgan fingerprint density at radius 1 is 1.50 bits per heavy atom. The quantitative estimate of drug-likeness (QED) is 0.769. The minimum absolute atomic E-state index is 0.0967. The fourth-order valence-corrected chi connectivity index (χ4v) is 3.41. The molecule has 0 heterocycles. The number of benzene rings is 1. The van der Waals surface area contributed by atoms with E-state index in [-0.39, 0.29) is 19.7 Å². The van der Waals surface area contributed by atoms with E-state index in [0.29, 0.717) is 12.1 Å². The first-order valence-corrected chi connectivity index (χ1v) is 9.22. The van der Waals surface area contributed by atoms with Crippen LogP contribution in [0.25, 0.3) is 0 Å². The molecule has 0 aliphatic carbocycles. The SMILES string of the molecule is CSC(C)(C)CNS(=O)(=O)c1ccc(C(N)=S)c(Cl)c1. The largest absolute Gasteiger partial charge is 0.389 e. The van der Waals surface area contributed by atoms with E-state index in [1.54, 1.807) is 11.8 Å². The molecule has 1 rings (SSSR count). The maximum absolute atomic E-state index is 12.2. The van der Waals surface area contributed by atoms with Gasteiger partial charge in [-0.1, -0.05) is 23.8 Å². The highest BCUT2D eigenvalue weighted by Crippen LogP contribution is 2.23. The average Bonchev–Trinajstić information content (AvgIpc) is 2.36. The number of halogens is 1. The summed E-state index contributed by atoms with van der Waals surface area (Å²) < 4.78 is 26.8. The first-order chi connectivity index (χ1) is 9.09. The number of rotatable bonds is 6. The standard InChI is InChI=1S/C12H17ClN2O2S3/c1-12(2,19-3)7-15-20(16,17)8-4-5-9(11(14)18)10(13)6-8/h4-6,15H,7H2,1-3H3,(H2,14,18). The zero-order chi connectivity index (χ0) is 15.6. The van der Waals surface area contributed by atoms with E-state index in [4.69, 9.17) is 29.6 Å². The normalized spacial score (nSPS) is 12.4. The molecule has 1 aromatic carbocycles. The Bertz CT molecular complexity index is 615. The summed E-state index contributed by atoms with van der Waals surface area (Å²) in [7, 11) is -3.60. The molecule has 0 aliphatic rings. The molecule has 1 aromatic rings. The maximum atomic E-state index is 12.2. The summed E-state index contributed by atoms with van der Waals surface area (Å²) in [5.41, 5.74) is 5.95. The van der Waals surface area contributed by atoms with E-state index in [9.17, 15) is 8.42 Å². The zero-order valence-corrected chi connectivity index (χ0v) is 14.6. The Labute approximate surface area is 134 Å². The zero-order valence-electron chi connectivity index (χ0n) is 11.4. The van der Waals surface area contributed by atoms with Crippen molar-refractivity contribution >= 4 is 50.6 Å². The predicted molar refractivity (Wildman–Crippen MR) is 90.1 cm³/mol. The Kier molecular flexibility index (Phi) is 5.86. The van der Waals surface area contributed by atoms with E-state index in [1.807, 2.05) is 20.1 Å². The lowest BCUT2D eigenvalue weighted by molar-refractivity contribution is 0.571. The molecule has 0 fully saturated rings. The molecule has 8 heteroatoms. The molecule has 112 valence electrons. The molecule has 0 amide bonds. The van der Waals surface area contributed by atoms with E-state index in [2.05, 4.69) is 4.72 Å². The summed E-state index contributed by atoms with van der Waals surface area (Å²) >= 11 is 12.4. The molecule has 0 unspecified atom stereocenters. The van der Waals surface area contributed by atoms with Gasteiger partial charge in [0.05, 0.1) is 9.92 Å². The number of thioether (sulfide) groups is 1. The smallest absolute Gasteiger partial charge is 0.240 e. The fraction of sp³-hybridized carbons (Fsp3) is 0.417. The van der Waals surface area contributed by atoms with Gasteiger partial charge in [-0.25, -0.2) is 13.1 Å². The van der Waals surface area contributed by atoms with Gasteiger partial charge in [-0.05, 0) is 38.3 Å². The van der Waals surface area contributed by atoms with E-state index in [0.717, 1.165) is 0 Å². The van der Waals surface area contributed by atoms with Crippen molar-refractivity contribution in [1.82, 2.24) is 4.72 Å². The lowest BCUT2D eigenvalue weighted by Crippen LogP contribution is -2.36. The van der Waals surface area contributed by atoms with Crippen LogP contribution < -0.4 is 10.5 Å². The summed E-state index contributed by atoms with van der Waals surface area (Å²) in [6.07, 6.45) is 1.93. The van der Waals surface area contributed by atoms with Crippen LogP contribution in [0.15, 0.2) is 23.1 Å². The van der Waals surface area contributed by atoms with Gasteiger partial charge in [0.15, 0.2) is 0 Å². The van der Waals surface area contributed by atoms with Gasteiger partial charge in [0.2, 0.25) is 10.0 Å². The van der Waals surface area contributed by atoms with Crippen LogP contribution in [0.4, 0.5) is 0 Å². The number of hydrogen-bond acceptors (Lipinski definition) is 4. The van der Waals surface area contributed by atoms with Crippen molar-refractivity contribution in [3.63, 3.8) is 0 Å². The monoisotopic (exact) mass is 352 g/mol. The van der Waals surface area contributed by atoms with Crippen molar-refractivity contribution in [3.8, 4) is 0 Å². The highest BCUT2D eigenvalue weighted by Gasteiger charge is 2.22. The van der Waals surface area contributed by atoms with Crippen LogP contribution in [-0.4, -0.2) is 31.0 Å². The van der Waals surface area contributed by atoms with Crippen LogP contribution in [0, 0.1) is 0 Å². The molecular formula is C12H17ClN2O2S3. The Hall–Kier alpha value is -0.340. The van der Waals surface area contributed by atoms with E-state index < -0.39 is 10.0 Å². The molecule has 0 bridgehead atoms. The van der Waals surface area contributed by atoms with Gasteiger partial charge in [-0.2, -0.15) is 11.8 Å². The molecule has 4 nitrogen and oxygen atoms in total. The first kappa shape index (κ1) is 17.7. The highest BCUT2D eigenvalue weighted by molar-refractivity contribution is 8.00. The van der Waals surface area contributed by atoms with E-state index >= 15 is 0 Å². The summed E-state index contributed by atoms with van der Waals surface area (Å²) in [5.74, 6) is 0. The molecular weight excluding hydrogens is 336 g/mol. The Morgan fingerprint density at radius 2 is 2.10 bits per heavy atom. The van der Waals surface area contributed by atoms with Gasteiger partial charge in [-0.3, -0.25) is 0 Å². The Balaban J connectivity index is 2.99. The molecule has 0 aromatic heterocycles. The van der Waals surface area contributed by atoms with Crippen molar-refractivity contribution in [3.05, 3.63) is 28.8 Å². The van der Waals surface area contributed by atoms with Gasteiger partial charge in [0, 0.05) is 16.9 Å². The number of hydrogen-bond donors (Lipinski definition) is 2. The fourth-order valence-electron chi connectivity index (χ4n) is 1.29. The number of thiocarbonyl (C=S) groups is 1. The maximum Gasteiger partial charge on any atom is 0.240 e. The van der Waals surface area contributed by atoms with Crippen LogP contribution in [0.2, 0.25) is 5.02 Å². The van der Waals surface area contributed by atoms with Crippen LogP contribution in [-0.2, 0) is 10.0 Å². The number of sulfonamides is 1. The van der Waals surface area contributed by atoms with Crippen LogP contribution >= 0.6 is 35.6 Å². The van der Waals surface area contributed by atoms with Crippen molar-refractivity contribution in [1.29, 1.82) is 0 Å². The highest BCUT2D eigenvalue weighted by atomic mass is 35.5. The van der Waals surface area contributed by atoms with E-state index in [1.165, 1.54) is 18.2 Å². The van der Waals surface area contributed by atoms with Gasteiger partial charge in [0.1, 0.15) is 4.99 Å². The van der Waals surface area contributed by atoms with Gasteiger partial charge in [0.25, 0.3) is 0 Å². The third-order valence-electron chi connectivity index (χ3n) is 2.76. The second-order valence-corrected chi connectivity index (χ2v) is 8.92. The van der Waals surface area contributed by atoms with Crippen molar-refractivity contribution in [2.45, 2.75) is 23.5 Å². The molecule has 0 aliphatic heterocycles. The second kappa shape index (κ2) is 6.62. The predicted octanol–water partition coefficient (Wildman–Crippen LogP) is 2.39. The second-order valence-electron chi connectivity index (χ2n) is 4.79. The van der Waals surface area contributed by atoms with Gasteiger partial charge in [-0.15, -0.1) is 0 Å². The van der Waals surface area contributed by atoms with Crippen LogP contribution in [0.5, 0.6) is 0 Å². The third kappa shape index (κ3) is 4.60. The van der Waals surface area contributed by atoms with Crippen molar-refractivity contribution < 1.29 is 8.42 Å². The molecule has 0 atom stereocenters. The minimum Gasteiger partial charge on any atom is -0.389 e. The van der Waals surface area contributed by atoms with Crippen molar-refractivity contribution in [2.75, 3.05) is 12.8 Å². The molecule has 0 spiro atoms. The number of nitrogens with one attached hydrogen (secondary N) is 1. The number of nitrogens with two attached hydrogens (primary N) is 1. The van der Waals surface area contributed by atoms with Crippen LogP contribution in [0.1, 0.15) is 19.4 Å². The Morgan fingerprint density at radius 3 is 2.55 bits per heavy atom. The van der Waals surface area contributed by atoms with Crippen LogP contribution in [0.3, 0.4) is 0 Å². The molecule has 0 saturated carbocycles. The summed E-state index contributed by atoms with van der Waals surface area (Å²) in [6, 6.07) is 4.30. The molecule has 20 heavy (non-hydrogen) atoms.